The van der Waals surface area contributed by atoms with Crippen LogP contribution in [0.3, 0.4) is 0 Å². The molecule has 5 nitrogen and oxygen atoms in total. The third kappa shape index (κ3) is 2.46. The van der Waals surface area contributed by atoms with Crippen molar-refractivity contribution in [2.75, 3.05) is 6.54 Å². The summed E-state index contributed by atoms with van der Waals surface area (Å²) >= 11 is 6.30. The predicted octanol–water partition coefficient (Wildman–Crippen LogP) is 3.15. The third-order valence-corrected chi connectivity index (χ3v) is 4.66. The highest BCUT2D eigenvalue weighted by molar-refractivity contribution is 6.38. The maximum Gasteiger partial charge on any atom is 0.326 e. The second kappa shape index (κ2) is 5.65. The summed E-state index contributed by atoms with van der Waals surface area (Å²) in [6.07, 6.45) is 1.27. The van der Waals surface area contributed by atoms with Crippen molar-refractivity contribution >= 4 is 34.4 Å². The van der Waals surface area contributed by atoms with Crippen LogP contribution in [0.2, 0.25) is 5.02 Å². The van der Waals surface area contributed by atoms with Gasteiger partial charge in [-0.05, 0) is 24.8 Å². The lowest BCUT2D eigenvalue weighted by atomic mass is 9.92. The summed E-state index contributed by atoms with van der Waals surface area (Å²) in [6, 6.07) is 6.58. The van der Waals surface area contributed by atoms with E-state index in [2.05, 4.69) is 4.98 Å². The normalized spacial score (nSPS) is 22.0. The molecule has 2 atom stereocenters. The van der Waals surface area contributed by atoms with Gasteiger partial charge in [0.1, 0.15) is 11.7 Å². The number of rotatable bonds is 2. The molecule has 2 N–H and O–H groups in total. The molecule has 1 fully saturated rings. The van der Waals surface area contributed by atoms with Crippen molar-refractivity contribution in [1.29, 1.82) is 0 Å². The van der Waals surface area contributed by atoms with E-state index in [1.165, 1.54) is 4.90 Å². The van der Waals surface area contributed by atoms with Crippen molar-refractivity contribution < 1.29 is 14.7 Å². The maximum absolute atomic E-state index is 12.8. The number of aliphatic carboxylic acids is 1. The summed E-state index contributed by atoms with van der Waals surface area (Å²) in [4.78, 5) is 28.7. The van der Waals surface area contributed by atoms with Crippen molar-refractivity contribution in [2.24, 2.45) is 5.92 Å². The molecule has 0 bridgehead atoms. The van der Waals surface area contributed by atoms with Gasteiger partial charge in [-0.15, -0.1) is 0 Å². The number of aromatic amines is 1. The molecule has 0 saturated carbocycles. The number of fused-ring (bicyclic) bond motifs is 1. The Bertz CT molecular complexity index is 740. The summed E-state index contributed by atoms with van der Waals surface area (Å²) in [7, 11) is 0. The number of H-pyrrole nitrogens is 1. The molecular formula is C16H17ClN2O3. The number of hydrogen-bond acceptors (Lipinski definition) is 2. The van der Waals surface area contributed by atoms with Crippen LogP contribution in [0.25, 0.3) is 10.9 Å². The summed E-state index contributed by atoms with van der Waals surface area (Å²) in [5, 5.41) is 10.5. The average Bonchev–Trinajstić information content (AvgIpc) is 2.84. The predicted molar refractivity (Wildman–Crippen MR) is 84.2 cm³/mol. The number of hydrogen-bond donors (Lipinski definition) is 2. The fraction of sp³-hybridized carbons (Fsp3) is 0.375. The van der Waals surface area contributed by atoms with Gasteiger partial charge in [0.2, 0.25) is 0 Å². The van der Waals surface area contributed by atoms with Gasteiger partial charge in [0.15, 0.2) is 0 Å². The number of carbonyl (C=O) groups excluding carboxylic acids is 1. The first-order valence-electron chi connectivity index (χ1n) is 7.29. The van der Waals surface area contributed by atoms with E-state index in [1.54, 1.807) is 0 Å². The fourth-order valence-electron chi connectivity index (χ4n) is 3.02. The number of piperidine rings is 1. The highest BCUT2D eigenvalue weighted by Gasteiger charge is 2.36. The van der Waals surface area contributed by atoms with Gasteiger partial charge < -0.3 is 15.0 Å². The van der Waals surface area contributed by atoms with Gasteiger partial charge in [-0.2, -0.15) is 0 Å². The monoisotopic (exact) mass is 320 g/mol. The summed E-state index contributed by atoms with van der Waals surface area (Å²) in [6.45, 7) is 2.44. The lowest BCUT2D eigenvalue weighted by molar-refractivity contribution is -0.144. The van der Waals surface area contributed by atoms with E-state index >= 15 is 0 Å². The standard InChI is InChI=1S/C16H17ClN2O3/c1-9-6-7-19(12(8-9)16(21)22)15(20)14-13(17)10-4-2-3-5-11(10)18-14/h2-5,9,12,18H,6-8H2,1H3,(H,21,22). The zero-order valence-electron chi connectivity index (χ0n) is 12.2. The Morgan fingerprint density at radius 1 is 1.36 bits per heavy atom. The third-order valence-electron chi connectivity index (χ3n) is 4.27. The Hall–Kier alpha value is -2.01. The van der Waals surface area contributed by atoms with Gasteiger partial charge in [-0.1, -0.05) is 36.7 Å². The highest BCUT2D eigenvalue weighted by Crippen LogP contribution is 2.30. The van der Waals surface area contributed by atoms with Gasteiger partial charge in [0, 0.05) is 17.4 Å². The van der Waals surface area contributed by atoms with Crippen molar-refractivity contribution in [3.63, 3.8) is 0 Å². The number of halogens is 1. The number of likely N-dealkylation sites (tertiary alicyclic amines) is 1. The van der Waals surface area contributed by atoms with Gasteiger partial charge >= 0.3 is 5.97 Å². The smallest absolute Gasteiger partial charge is 0.326 e. The first-order valence-corrected chi connectivity index (χ1v) is 7.66. The minimum atomic E-state index is -0.966. The SMILES string of the molecule is CC1CCN(C(=O)c2[nH]c3ccccc3c2Cl)C(C(=O)O)C1. The van der Waals surface area contributed by atoms with Crippen LogP contribution in [-0.4, -0.2) is 39.5 Å². The van der Waals surface area contributed by atoms with E-state index in [4.69, 9.17) is 11.6 Å². The number of carbonyl (C=O) groups is 2. The molecule has 6 heteroatoms. The van der Waals surface area contributed by atoms with Gasteiger partial charge in [-0.25, -0.2) is 4.79 Å². The molecule has 2 aromatic rings. The van der Waals surface area contributed by atoms with Crippen molar-refractivity contribution in [2.45, 2.75) is 25.8 Å². The molecule has 1 aromatic carbocycles. The highest BCUT2D eigenvalue weighted by atomic mass is 35.5. The Labute approximate surface area is 132 Å². The molecule has 1 aliphatic rings. The lowest BCUT2D eigenvalue weighted by Crippen LogP contribution is -2.49. The van der Waals surface area contributed by atoms with Gasteiger partial charge in [0.25, 0.3) is 5.91 Å². The topological polar surface area (TPSA) is 73.4 Å². The van der Waals surface area contributed by atoms with Crippen LogP contribution in [0.5, 0.6) is 0 Å². The number of benzene rings is 1. The Balaban J connectivity index is 1.97. The molecule has 1 aromatic heterocycles. The van der Waals surface area contributed by atoms with E-state index in [0.717, 1.165) is 17.3 Å². The average molecular weight is 321 g/mol. The first kappa shape index (κ1) is 14.9. The Kier molecular flexibility index (Phi) is 3.83. The summed E-state index contributed by atoms with van der Waals surface area (Å²) in [5.74, 6) is -1.02. The quantitative estimate of drug-likeness (QED) is 0.892. The van der Waals surface area contributed by atoms with Crippen molar-refractivity contribution in [3.05, 3.63) is 35.0 Å². The zero-order chi connectivity index (χ0) is 15.9. The molecule has 1 saturated heterocycles. The minimum absolute atomic E-state index is 0.267. The minimum Gasteiger partial charge on any atom is -0.480 e. The molecule has 0 spiro atoms. The van der Waals surface area contributed by atoms with E-state index in [-0.39, 0.29) is 11.6 Å². The molecule has 2 heterocycles. The van der Waals surface area contributed by atoms with Gasteiger partial charge in [-0.3, -0.25) is 4.79 Å². The van der Waals surface area contributed by atoms with Crippen molar-refractivity contribution in [3.8, 4) is 0 Å². The Morgan fingerprint density at radius 2 is 2.09 bits per heavy atom. The lowest BCUT2D eigenvalue weighted by Gasteiger charge is -2.35. The van der Waals surface area contributed by atoms with Crippen LogP contribution in [-0.2, 0) is 4.79 Å². The van der Waals surface area contributed by atoms with Crippen LogP contribution in [0.15, 0.2) is 24.3 Å². The van der Waals surface area contributed by atoms with Crippen LogP contribution >= 0.6 is 11.6 Å². The molecule has 116 valence electrons. The molecule has 0 aliphatic carbocycles. The molecule has 22 heavy (non-hydrogen) atoms. The molecule has 1 amide bonds. The number of carboxylic acids is 1. The zero-order valence-corrected chi connectivity index (χ0v) is 12.9. The molecule has 3 rings (SSSR count). The molecule has 1 aliphatic heterocycles. The number of nitrogens with zero attached hydrogens (tertiary/aromatic N) is 1. The van der Waals surface area contributed by atoms with E-state index in [0.29, 0.717) is 23.9 Å². The molecule has 0 radical (unpaired) electrons. The number of nitrogens with one attached hydrogen (secondary N) is 1. The second-order valence-electron chi connectivity index (χ2n) is 5.84. The molecule has 2 unspecified atom stereocenters. The van der Waals surface area contributed by atoms with Crippen LogP contribution in [0, 0.1) is 5.92 Å². The Morgan fingerprint density at radius 3 is 2.77 bits per heavy atom. The largest absolute Gasteiger partial charge is 0.480 e. The maximum atomic E-state index is 12.8. The number of amides is 1. The summed E-state index contributed by atoms with van der Waals surface area (Å²) in [5.41, 5.74) is 1.04. The van der Waals surface area contributed by atoms with Gasteiger partial charge in [0.05, 0.1) is 5.02 Å². The first-order chi connectivity index (χ1) is 10.5. The number of carboxylic acid groups (broad SMARTS) is 1. The van der Waals surface area contributed by atoms with Crippen molar-refractivity contribution in [1.82, 2.24) is 9.88 Å². The van der Waals surface area contributed by atoms with Crippen LogP contribution in [0.4, 0.5) is 0 Å². The van der Waals surface area contributed by atoms with Crippen LogP contribution in [0.1, 0.15) is 30.3 Å². The van der Waals surface area contributed by atoms with E-state index < -0.39 is 12.0 Å². The fourth-order valence-corrected chi connectivity index (χ4v) is 3.31. The summed E-state index contributed by atoms with van der Waals surface area (Å²) < 4.78 is 0. The van der Waals surface area contributed by atoms with Crippen LogP contribution < -0.4 is 0 Å². The second-order valence-corrected chi connectivity index (χ2v) is 6.22. The number of para-hydroxylation sites is 1. The molecular weight excluding hydrogens is 304 g/mol. The van der Waals surface area contributed by atoms with E-state index in [1.807, 2.05) is 31.2 Å². The van der Waals surface area contributed by atoms with E-state index in [9.17, 15) is 14.7 Å². The number of aromatic nitrogens is 1.